The highest BCUT2D eigenvalue weighted by molar-refractivity contribution is 5.95. The first-order chi connectivity index (χ1) is 13.9. The summed E-state index contributed by atoms with van der Waals surface area (Å²) in [4.78, 5) is 26.1. The lowest BCUT2D eigenvalue weighted by atomic mass is 10.0. The number of nitrogens with one attached hydrogen (secondary N) is 3. The van der Waals surface area contributed by atoms with Gasteiger partial charge in [-0.2, -0.15) is 0 Å². The second-order valence-electron chi connectivity index (χ2n) is 6.64. The van der Waals surface area contributed by atoms with Crippen LogP contribution in [-0.4, -0.2) is 28.4 Å². The molecule has 1 amide bonds. The molecule has 2 aromatic carbocycles. The molecule has 7 nitrogen and oxygen atoms in total. The number of aryl methyl sites for hydroxylation is 1. The Balaban J connectivity index is 1.53. The maximum absolute atomic E-state index is 12.3. The average Bonchev–Trinajstić information content (AvgIpc) is 2.72. The summed E-state index contributed by atoms with van der Waals surface area (Å²) < 4.78 is 0. The standard InChI is InChI=1S/C22H22N4O3/c23-21(24)17-7-9-19(27)16(12-17)2-1-11-25-22(29)15-5-3-14(4-6-15)18-8-10-20(28)26-13-18/h3-10,12-13,27H,1-2,11H2,(H3,23,24)(H,25,29)(H,26,28). The van der Waals surface area contributed by atoms with E-state index in [1.54, 1.807) is 36.5 Å². The number of aromatic hydroxyl groups is 1. The van der Waals surface area contributed by atoms with Gasteiger partial charge in [-0.1, -0.05) is 12.1 Å². The Morgan fingerprint density at radius 1 is 1.03 bits per heavy atom. The second kappa shape index (κ2) is 8.88. The molecule has 0 saturated heterocycles. The van der Waals surface area contributed by atoms with E-state index in [4.69, 9.17) is 11.1 Å². The predicted molar refractivity (Wildman–Crippen MR) is 112 cm³/mol. The van der Waals surface area contributed by atoms with Gasteiger partial charge in [0.1, 0.15) is 11.6 Å². The number of amides is 1. The molecule has 0 aliphatic rings. The van der Waals surface area contributed by atoms with Crippen LogP contribution in [0, 0.1) is 5.41 Å². The van der Waals surface area contributed by atoms with Gasteiger partial charge in [0.15, 0.2) is 0 Å². The highest BCUT2D eigenvalue weighted by atomic mass is 16.3. The van der Waals surface area contributed by atoms with E-state index in [0.29, 0.717) is 36.1 Å². The third-order valence-corrected chi connectivity index (χ3v) is 4.56. The quantitative estimate of drug-likeness (QED) is 0.241. The Kier molecular flexibility index (Phi) is 6.09. The van der Waals surface area contributed by atoms with Crippen LogP contribution in [0.4, 0.5) is 0 Å². The van der Waals surface area contributed by atoms with Crippen molar-refractivity contribution in [2.45, 2.75) is 12.8 Å². The molecule has 0 radical (unpaired) electrons. The number of aromatic amines is 1. The minimum absolute atomic E-state index is 0.0511. The summed E-state index contributed by atoms with van der Waals surface area (Å²) in [6, 6.07) is 15.1. The van der Waals surface area contributed by atoms with Gasteiger partial charge in [0.05, 0.1) is 0 Å². The highest BCUT2D eigenvalue weighted by Gasteiger charge is 2.08. The van der Waals surface area contributed by atoms with Crippen LogP contribution in [0.25, 0.3) is 11.1 Å². The van der Waals surface area contributed by atoms with Crippen molar-refractivity contribution >= 4 is 11.7 Å². The van der Waals surface area contributed by atoms with Crippen LogP contribution in [0.2, 0.25) is 0 Å². The number of carbonyl (C=O) groups is 1. The SMILES string of the molecule is N=C(N)c1ccc(O)c(CCCNC(=O)c2ccc(-c3ccc(=O)[nH]c3)cc2)c1. The van der Waals surface area contributed by atoms with Gasteiger partial charge in [-0.3, -0.25) is 15.0 Å². The maximum Gasteiger partial charge on any atom is 0.251 e. The van der Waals surface area contributed by atoms with E-state index in [-0.39, 0.29) is 23.1 Å². The van der Waals surface area contributed by atoms with Crippen molar-refractivity contribution in [1.82, 2.24) is 10.3 Å². The summed E-state index contributed by atoms with van der Waals surface area (Å²) in [6.07, 6.45) is 2.82. The van der Waals surface area contributed by atoms with Gasteiger partial charge in [0, 0.05) is 29.9 Å². The van der Waals surface area contributed by atoms with Crippen molar-refractivity contribution in [1.29, 1.82) is 5.41 Å². The number of carbonyl (C=O) groups excluding carboxylic acids is 1. The fourth-order valence-electron chi connectivity index (χ4n) is 2.94. The smallest absolute Gasteiger partial charge is 0.251 e. The second-order valence-corrected chi connectivity index (χ2v) is 6.64. The summed E-state index contributed by atoms with van der Waals surface area (Å²) in [5, 5.41) is 20.2. The number of H-pyrrole nitrogens is 1. The fourth-order valence-corrected chi connectivity index (χ4v) is 2.94. The molecule has 0 atom stereocenters. The van der Waals surface area contributed by atoms with Crippen LogP contribution in [-0.2, 0) is 6.42 Å². The Morgan fingerprint density at radius 2 is 1.72 bits per heavy atom. The van der Waals surface area contributed by atoms with Gasteiger partial charge in [0.25, 0.3) is 5.91 Å². The number of phenolic OH excluding ortho intramolecular Hbond substituents is 1. The molecule has 0 bridgehead atoms. The van der Waals surface area contributed by atoms with Gasteiger partial charge in [0.2, 0.25) is 5.56 Å². The van der Waals surface area contributed by atoms with Gasteiger partial charge >= 0.3 is 0 Å². The lowest BCUT2D eigenvalue weighted by molar-refractivity contribution is 0.0953. The van der Waals surface area contributed by atoms with Crippen LogP contribution in [0.15, 0.2) is 65.6 Å². The summed E-state index contributed by atoms with van der Waals surface area (Å²) >= 11 is 0. The first kappa shape index (κ1) is 19.9. The van der Waals surface area contributed by atoms with Crippen LogP contribution in [0.5, 0.6) is 5.75 Å². The van der Waals surface area contributed by atoms with Crippen LogP contribution >= 0.6 is 0 Å². The molecule has 3 rings (SSSR count). The van der Waals surface area contributed by atoms with E-state index in [0.717, 1.165) is 11.1 Å². The zero-order valence-electron chi connectivity index (χ0n) is 15.7. The zero-order chi connectivity index (χ0) is 20.8. The maximum atomic E-state index is 12.3. The van der Waals surface area contributed by atoms with Crippen LogP contribution in [0.3, 0.4) is 0 Å². The molecule has 0 unspecified atom stereocenters. The molecule has 29 heavy (non-hydrogen) atoms. The molecule has 1 heterocycles. The lowest BCUT2D eigenvalue weighted by Crippen LogP contribution is -2.24. The van der Waals surface area contributed by atoms with Gasteiger partial charge in [-0.15, -0.1) is 0 Å². The normalized spacial score (nSPS) is 10.5. The fraction of sp³-hybridized carbons (Fsp3) is 0.136. The number of nitrogens with two attached hydrogens (primary N) is 1. The number of hydrogen-bond donors (Lipinski definition) is 5. The minimum Gasteiger partial charge on any atom is -0.508 e. The molecule has 148 valence electrons. The van der Waals surface area contributed by atoms with Crippen molar-refractivity contribution < 1.29 is 9.90 Å². The van der Waals surface area contributed by atoms with Gasteiger partial charge in [-0.25, -0.2) is 0 Å². The number of pyridine rings is 1. The van der Waals surface area contributed by atoms with E-state index >= 15 is 0 Å². The molecule has 3 aromatic rings. The number of nitrogen functional groups attached to an aromatic ring is 1. The monoisotopic (exact) mass is 390 g/mol. The van der Waals surface area contributed by atoms with Crippen molar-refractivity contribution in [3.8, 4) is 16.9 Å². The van der Waals surface area contributed by atoms with Gasteiger partial charge in [-0.05, 0) is 65.9 Å². The summed E-state index contributed by atoms with van der Waals surface area (Å²) in [5.74, 6) is -0.0799. The molecule has 0 aliphatic carbocycles. The van der Waals surface area contributed by atoms with E-state index < -0.39 is 0 Å². The van der Waals surface area contributed by atoms with Crippen molar-refractivity contribution in [2.24, 2.45) is 5.73 Å². The summed E-state index contributed by atoms with van der Waals surface area (Å²) in [7, 11) is 0. The van der Waals surface area contributed by atoms with Crippen molar-refractivity contribution in [3.05, 3.63) is 87.8 Å². The molecular formula is C22H22N4O3. The topological polar surface area (TPSA) is 132 Å². The number of benzene rings is 2. The number of amidine groups is 1. The van der Waals surface area contributed by atoms with E-state index in [1.165, 1.54) is 12.1 Å². The van der Waals surface area contributed by atoms with Crippen LogP contribution in [0.1, 0.15) is 27.9 Å². The Labute approximate surface area is 167 Å². The number of hydrogen-bond acceptors (Lipinski definition) is 4. The van der Waals surface area contributed by atoms with Gasteiger partial charge < -0.3 is 21.1 Å². The molecule has 0 fully saturated rings. The Morgan fingerprint density at radius 3 is 2.38 bits per heavy atom. The van der Waals surface area contributed by atoms with Crippen LogP contribution < -0.4 is 16.6 Å². The predicted octanol–water partition coefficient (Wildman–Crippen LogP) is 2.39. The third-order valence-electron chi connectivity index (χ3n) is 4.56. The molecule has 0 aliphatic heterocycles. The molecule has 0 spiro atoms. The van der Waals surface area contributed by atoms with Crippen molar-refractivity contribution in [3.63, 3.8) is 0 Å². The minimum atomic E-state index is -0.181. The lowest BCUT2D eigenvalue weighted by Gasteiger charge is -2.09. The molecule has 7 heteroatoms. The first-order valence-electron chi connectivity index (χ1n) is 9.18. The van der Waals surface area contributed by atoms with E-state index in [2.05, 4.69) is 10.3 Å². The summed E-state index contributed by atoms with van der Waals surface area (Å²) in [5.41, 5.74) is 8.87. The van der Waals surface area contributed by atoms with E-state index in [1.807, 2.05) is 12.1 Å². The van der Waals surface area contributed by atoms with E-state index in [9.17, 15) is 14.7 Å². The number of aromatic nitrogens is 1. The average molecular weight is 390 g/mol. The number of rotatable bonds is 7. The molecule has 0 saturated carbocycles. The Hall–Kier alpha value is -3.87. The third kappa shape index (κ3) is 5.10. The van der Waals surface area contributed by atoms with Crippen molar-refractivity contribution in [2.75, 3.05) is 6.54 Å². The molecular weight excluding hydrogens is 368 g/mol. The summed E-state index contributed by atoms with van der Waals surface area (Å²) in [6.45, 7) is 0.449. The Bertz CT molecular complexity index is 1070. The molecule has 1 aromatic heterocycles. The first-order valence-corrected chi connectivity index (χ1v) is 9.18. The zero-order valence-corrected chi connectivity index (χ0v) is 15.7. The number of phenols is 1. The molecule has 6 N–H and O–H groups in total. The highest BCUT2D eigenvalue weighted by Crippen LogP contribution is 2.20. The largest absolute Gasteiger partial charge is 0.508 e.